The molecule has 4 N–H and O–H groups in total. The first-order valence-electron chi connectivity index (χ1n) is 7.21. The Hall–Kier alpha value is -2.66. The highest BCUT2D eigenvalue weighted by atomic mass is 19.1. The molecule has 1 aliphatic carbocycles. The summed E-state index contributed by atoms with van der Waals surface area (Å²) in [4.78, 5) is 12.4. The highest BCUT2D eigenvalue weighted by Crippen LogP contribution is 2.49. The second kappa shape index (κ2) is 5.52. The SMILES string of the molecule is COC(=O)C1=C(N)c2c(F)cccc2C1(CN)c1ccccc1. The summed E-state index contributed by atoms with van der Waals surface area (Å²) in [5, 5.41) is 0. The van der Waals surface area contributed by atoms with Crippen molar-refractivity contribution < 1.29 is 13.9 Å². The first-order chi connectivity index (χ1) is 11.1. The Morgan fingerprint density at radius 1 is 1.17 bits per heavy atom. The van der Waals surface area contributed by atoms with E-state index in [1.54, 1.807) is 12.1 Å². The highest BCUT2D eigenvalue weighted by molar-refractivity contribution is 6.04. The largest absolute Gasteiger partial charge is 0.466 e. The zero-order valence-electron chi connectivity index (χ0n) is 12.7. The summed E-state index contributed by atoms with van der Waals surface area (Å²) < 4.78 is 19.3. The number of halogens is 1. The first-order valence-corrected chi connectivity index (χ1v) is 7.21. The molecule has 1 aliphatic rings. The molecule has 2 aromatic rings. The molecule has 5 heteroatoms. The van der Waals surface area contributed by atoms with Crippen LogP contribution in [0, 0.1) is 5.82 Å². The summed E-state index contributed by atoms with van der Waals surface area (Å²) in [5.74, 6) is -1.08. The molecule has 0 saturated heterocycles. The van der Waals surface area contributed by atoms with E-state index in [1.165, 1.54) is 13.2 Å². The van der Waals surface area contributed by atoms with Crippen molar-refractivity contribution in [2.24, 2.45) is 11.5 Å². The van der Waals surface area contributed by atoms with Gasteiger partial charge in [0.05, 0.1) is 23.8 Å². The third-order valence-electron chi connectivity index (χ3n) is 4.40. The summed E-state index contributed by atoms with van der Waals surface area (Å²) in [5.41, 5.74) is 13.1. The van der Waals surface area contributed by atoms with Crippen molar-refractivity contribution in [3.63, 3.8) is 0 Å². The Morgan fingerprint density at radius 2 is 1.87 bits per heavy atom. The molecule has 0 radical (unpaired) electrons. The van der Waals surface area contributed by atoms with Crippen molar-refractivity contribution in [3.05, 3.63) is 76.6 Å². The Balaban J connectivity index is 2.42. The van der Waals surface area contributed by atoms with E-state index in [9.17, 15) is 9.18 Å². The van der Waals surface area contributed by atoms with Gasteiger partial charge in [-0.05, 0) is 17.2 Å². The number of rotatable bonds is 3. The molecule has 0 fully saturated rings. The molecule has 0 aliphatic heterocycles. The zero-order valence-corrected chi connectivity index (χ0v) is 12.7. The lowest BCUT2D eigenvalue weighted by Crippen LogP contribution is -2.40. The standard InChI is InChI=1S/C18H17FN2O2/c1-23-17(22)15-16(21)14-12(8-5-9-13(14)19)18(15,10-20)11-6-3-2-4-7-11/h2-9H,10,20-21H2,1H3. The van der Waals surface area contributed by atoms with E-state index < -0.39 is 17.2 Å². The average Bonchev–Trinajstić information content (AvgIpc) is 2.85. The third-order valence-corrected chi connectivity index (χ3v) is 4.40. The van der Waals surface area contributed by atoms with Gasteiger partial charge in [0.25, 0.3) is 0 Å². The number of benzene rings is 2. The number of methoxy groups -OCH3 is 1. The van der Waals surface area contributed by atoms with Gasteiger partial charge in [0.1, 0.15) is 5.82 Å². The van der Waals surface area contributed by atoms with Crippen molar-refractivity contribution in [3.8, 4) is 0 Å². The minimum absolute atomic E-state index is 0.0681. The maximum absolute atomic E-state index is 14.4. The number of esters is 1. The number of fused-ring (bicyclic) bond motifs is 1. The van der Waals surface area contributed by atoms with E-state index in [1.807, 2.05) is 30.3 Å². The molecule has 3 rings (SSSR count). The minimum Gasteiger partial charge on any atom is -0.466 e. The van der Waals surface area contributed by atoms with Gasteiger partial charge in [-0.15, -0.1) is 0 Å². The second-order valence-electron chi connectivity index (χ2n) is 5.42. The molecule has 118 valence electrons. The monoisotopic (exact) mass is 312 g/mol. The third kappa shape index (κ3) is 1.97. The number of hydrogen-bond donors (Lipinski definition) is 2. The highest BCUT2D eigenvalue weighted by Gasteiger charge is 2.49. The van der Waals surface area contributed by atoms with Crippen LogP contribution in [0.4, 0.5) is 4.39 Å². The van der Waals surface area contributed by atoms with E-state index in [4.69, 9.17) is 16.2 Å². The maximum Gasteiger partial charge on any atom is 0.337 e. The molecular weight excluding hydrogens is 295 g/mol. The molecule has 4 nitrogen and oxygen atoms in total. The van der Waals surface area contributed by atoms with Crippen molar-refractivity contribution in [2.45, 2.75) is 5.41 Å². The number of ether oxygens (including phenoxy) is 1. The van der Waals surface area contributed by atoms with Crippen LogP contribution in [0.3, 0.4) is 0 Å². The molecule has 2 aromatic carbocycles. The minimum atomic E-state index is -1.02. The van der Waals surface area contributed by atoms with Gasteiger partial charge >= 0.3 is 5.97 Å². The molecule has 0 heterocycles. The smallest absolute Gasteiger partial charge is 0.337 e. The van der Waals surface area contributed by atoms with E-state index >= 15 is 0 Å². The number of hydrogen-bond acceptors (Lipinski definition) is 4. The number of carbonyl (C=O) groups is 1. The number of nitrogens with two attached hydrogens (primary N) is 2. The Kier molecular flexibility index (Phi) is 3.66. The van der Waals surface area contributed by atoms with Gasteiger partial charge in [-0.2, -0.15) is 0 Å². The normalized spacial score (nSPS) is 19.6. The molecular formula is C18H17FN2O2. The van der Waals surface area contributed by atoms with Gasteiger partial charge in [-0.25, -0.2) is 9.18 Å². The van der Waals surface area contributed by atoms with Gasteiger partial charge in [0.2, 0.25) is 0 Å². The van der Waals surface area contributed by atoms with Gasteiger partial charge in [-0.3, -0.25) is 0 Å². The predicted octanol–water partition coefficient (Wildman–Crippen LogP) is 1.93. The van der Waals surface area contributed by atoms with Crippen molar-refractivity contribution >= 4 is 11.7 Å². The molecule has 0 saturated carbocycles. The topological polar surface area (TPSA) is 78.3 Å². The molecule has 0 bridgehead atoms. The van der Waals surface area contributed by atoms with Crippen LogP contribution in [0.2, 0.25) is 0 Å². The summed E-state index contributed by atoms with van der Waals surface area (Å²) in [6.07, 6.45) is 0. The summed E-state index contributed by atoms with van der Waals surface area (Å²) in [7, 11) is 1.27. The molecule has 0 aromatic heterocycles. The van der Waals surface area contributed by atoms with E-state index in [0.29, 0.717) is 5.56 Å². The lowest BCUT2D eigenvalue weighted by atomic mass is 9.71. The molecule has 0 spiro atoms. The second-order valence-corrected chi connectivity index (χ2v) is 5.42. The Bertz CT molecular complexity index is 802. The van der Waals surface area contributed by atoms with Crippen molar-refractivity contribution in [1.82, 2.24) is 0 Å². The van der Waals surface area contributed by atoms with Gasteiger partial charge in [-0.1, -0.05) is 42.5 Å². The van der Waals surface area contributed by atoms with Crippen LogP contribution >= 0.6 is 0 Å². The molecule has 1 unspecified atom stereocenters. The van der Waals surface area contributed by atoms with Crippen LogP contribution < -0.4 is 11.5 Å². The Morgan fingerprint density at radius 3 is 2.48 bits per heavy atom. The lowest BCUT2D eigenvalue weighted by molar-refractivity contribution is -0.136. The zero-order chi connectivity index (χ0) is 16.6. The Labute approximate surface area is 133 Å². The van der Waals surface area contributed by atoms with Crippen LogP contribution in [-0.2, 0) is 14.9 Å². The van der Waals surface area contributed by atoms with E-state index in [0.717, 1.165) is 5.56 Å². The van der Waals surface area contributed by atoms with Crippen LogP contribution in [0.1, 0.15) is 16.7 Å². The maximum atomic E-state index is 14.4. The van der Waals surface area contributed by atoms with Crippen LogP contribution in [0.25, 0.3) is 5.70 Å². The van der Waals surface area contributed by atoms with E-state index in [-0.39, 0.29) is 23.4 Å². The fraction of sp³-hybridized carbons (Fsp3) is 0.167. The fourth-order valence-electron chi connectivity index (χ4n) is 3.38. The van der Waals surface area contributed by atoms with Gasteiger partial charge in [0.15, 0.2) is 0 Å². The average molecular weight is 312 g/mol. The van der Waals surface area contributed by atoms with Crippen LogP contribution in [0.5, 0.6) is 0 Å². The lowest BCUT2D eigenvalue weighted by Gasteiger charge is -2.32. The number of carbonyl (C=O) groups excluding carboxylic acids is 1. The van der Waals surface area contributed by atoms with Crippen molar-refractivity contribution in [2.75, 3.05) is 13.7 Å². The molecule has 1 atom stereocenters. The fourth-order valence-corrected chi connectivity index (χ4v) is 3.38. The quantitative estimate of drug-likeness (QED) is 0.849. The van der Waals surface area contributed by atoms with Gasteiger partial charge < -0.3 is 16.2 Å². The van der Waals surface area contributed by atoms with Crippen LogP contribution in [0.15, 0.2) is 54.1 Å². The van der Waals surface area contributed by atoms with Crippen LogP contribution in [-0.4, -0.2) is 19.6 Å². The van der Waals surface area contributed by atoms with Gasteiger partial charge in [0, 0.05) is 12.1 Å². The summed E-state index contributed by atoms with van der Waals surface area (Å²) in [6, 6.07) is 13.9. The van der Waals surface area contributed by atoms with Crippen molar-refractivity contribution in [1.29, 1.82) is 0 Å². The predicted molar refractivity (Wildman–Crippen MR) is 85.8 cm³/mol. The first kappa shape index (κ1) is 15.2. The molecule has 0 amide bonds. The summed E-state index contributed by atoms with van der Waals surface area (Å²) in [6.45, 7) is 0.0681. The van der Waals surface area contributed by atoms with E-state index in [2.05, 4.69) is 0 Å². The molecule has 23 heavy (non-hydrogen) atoms. The summed E-state index contributed by atoms with van der Waals surface area (Å²) >= 11 is 0.